The van der Waals surface area contributed by atoms with Crippen LogP contribution >= 0.6 is 11.8 Å². The lowest BCUT2D eigenvalue weighted by Gasteiger charge is -2.16. The Balaban J connectivity index is 2.47. The van der Waals surface area contributed by atoms with Crippen molar-refractivity contribution >= 4 is 18.0 Å². The van der Waals surface area contributed by atoms with Crippen molar-refractivity contribution in [3.05, 3.63) is 39.8 Å². The van der Waals surface area contributed by atoms with Crippen LogP contribution in [0.5, 0.6) is 11.5 Å². The number of aromatic hydroxyl groups is 1. The van der Waals surface area contributed by atoms with Gasteiger partial charge in [-0.2, -0.15) is 9.78 Å². The number of ether oxygens (including phenoxy) is 1. The highest BCUT2D eigenvalue weighted by atomic mass is 32.2. The number of phenols is 1. The molecule has 7 nitrogen and oxygen atoms in total. The molecule has 25 heavy (non-hydrogen) atoms. The van der Waals surface area contributed by atoms with E-state index < -0.39 is 5.41 Å². The van der Waals surface area contributed by atoms with E-state index in [0.29, 0.717) is 28.8 Å². The van der Waals surface area contributed by atoms with E-state index in [4.69, 9.17) is 4.74 Å². The summed E-state index contributed by atoms with van der Waals surface area (Å²) in [7, 11) is 0. The highest BCUT2D eigenvalue weighted by Crippen LogP contribution is 2.26. The van der Waals surface area contributed by atoms with Gasteiger partial charge in [-0.3, -0.25) is 4.79 Å². The lowest BCUT2D eigenvalue weighted by molar-refractivity contribution is 0.318. The highest BCUT2D eigenvalue weighted by Gasteiger charge is 2.23. The van der Waals surface area contributed by atoms with Crippen molar-refractivity contribution in [2.75, 3.05) is 12.9 Å². The molecule has 2 rings (SSSR count). The average molecular weight is 362 g/mol. The smallest absolute Gasteiger partial charge is 0.297 e. The summed E-state index contributed by atoms with van der Waals surface area (Å²) in [6.45, 7) is 7.98. The van der Waals surface area contributed by atoms with Gasteiger partial charge in [0, 0.05) is 5.41 Å². The zero-order chi connectivity index (χ0) is 18.6. The summed E-state index contributed by atoms with van der Waals surface area (Å²) in [6.07, 6.45) is 3.33. The Morgan fingerprint density at radius 2 is 2.08 bits per heavy atom. The van der Waals surface area contributed by atoms with Crippen LogP contribution in [-0.4, -0.2) is 39.1 Å². The standard InChI is InChI=1S/C17H22N4O3S/c1-6-24-13-9-11(7-8-12(13)22)10-18-21-15(23)14(17(2,3)4)19-20-16(21)25-5/h7-10,22H,6H2,1-5H3/b18-10-. The molecule has 0 bridgehead atoms. The Hall–Kier alpha value is -2.35. The average Bonchev–Trinajstić information content (AvgIpc) is 2.55. The number of hydrogen-bond donors (Lipinski definition) is 1. The Bertz CT molecular complexity index is 841. The second-order valence-corrected chi connectivity index (χ2v) is 7.08. The molecule has 0 amide bonds. The van der Waals surface area contributed by atoms with E-state index in [0.717, 1.165) is 0 Å². The molecule has 8 heteroatoms. The van der Waals surface area contributed by atoms with E-state index in [2.05, 4.69) is 15.3 Å². The predicted octanol–water partition coefficient (Wildman–Crippen LogP) is 2.64. The van der Waals surface area contributed by atoms with Gasteiger partial charge in [0.15, 0.2) is 11.5 Å². The zero-order valence-electron chi connectivity index (χ0n) is 15.0. The summed E-state index contributed by atoms with van der Waals surface area (Å²) in [6, 6.07) is 4.87. The van der Waals surface area contributed by atoms with Crippen LogP contribution in [0.4, 0.5) is 0 Å². The molecule has 0 unspecified atom stereocenters. The largest absolute Gasteiger partial charge is 0.504 e. The predicted molar refractivity (Wildman–Crippen MR) is 99.0 cm³/mol. The number of phenolic OH excluding ortho intramolecular Hbond substituents is 1. The molecule has 0 spiro atoms. The van der Waals surface area contributed by atoms with Gasteiger partial charge in [-0.25, -0.2) is 0 Å². The van der Waals surface area contributed by atoms with Crippen LogP contribution < -0.4 is 10.3 Å². The van der Waals surface area contributed by atoms with Crippen molar-refractivity contribution in [1.82, 2.24) is 14.9 Å². The van der Waals surface area contributed by atoms with Crippen molar-refractivity contribution in [2.24, 2.45) is 5.10 Å². The van der Waals surface area contributed by atoms with Gasteiger partial charge in [-0.15, -0.1) is 10.2 Å². The fourth-order valence-electron chi connectivity index (χ4n) is 2.07. The van der Waals surface area contributed by atoms with Gasteiger partial charge in [0.1, 0.15) is 5.69 Å². The molecule has 0 atom stereocenters. The molecule has 0 saturated heterocycles. The summed E-state index contributed by atoms with van der Waals surface area (Å²) >= 11 is 1.29. The minimum absolute atomic E-state index is 0.0570. The molecule has 0 aliphatic heterocycles. The highest BCUT2D eigenvalue weighted by molar-refractivity contribution is 7.98. The molecule has 1 aromatic heterocycles. The molecule has 0 aliphatic rings. The molecule has 0 radical (unpaired) electrons. The maximum absolute atomic E-state index is 12.7. The van der Waals surface area contributed by atoms with E-state index in [9.17, 15) is 9.90 Å². The Morgan fingerprint density at radius 1 is 1.36 bits per heavy atom. The van der Waals surface area contributed by atoms with Gasteiger partial charge in [0.05, 0.1) is 12.8 Å². The first-order chi connectivity index (χ1) is 11.8. The van der Waals surface area contributed by atoms with Crippen LogP contribution in [0.15, 0.2) is 33.3 Å². The van der Waals surface area contributed by atoms with Gasteiger partial charge in [0.2, 0.25) is 5.16 Å². The van der Waals surface area contributed by atoms with E-state index in [1.165, 1.54) is 28.7 Å². The van der Waals surface area contributed by atoms with E-state index in [-0.39, 0.29) is 11.3 Å². The molecule has 1 N–H and O–H groups in total. The molecule has 0 aliphatic carbocycles. The third kappa shape index (κ3) is 4.39. The van der Waals surface area contributed by atoms with Crippen molar-refractivity contribution in [3.8, 4) is 11.5 Å². The first kappa shape index (κ1) is 19.0. The van der Waals surface area contributed by atoms with Crippen LogP contribution in [0.25, 0.3) is 0 Å². The maximum atomic E-state index is 12.7. The number of benzene rings is 1. The SMILES string of the molecule is CCOc1cc(/C=N\n2c(SC)nnc(C(C)(C)C)c2=O)ccc1O. The number of aromatic nitrogens is 3. The number of nitrogens with zero attached hydrogens (tertiary/aromatic N) is 4. The van der Waals surface area contributed by atoms with Crippen LogP contribution in [0, 0.1) is 0 Å². The van der Waals surface area contributed by atoms with E-state index in [1.807, 2.05) is 27.7 Å². The first-order valence-electron chi connectivity index (χ1n) is 7.82. The van der Waals surface area contributed by atoms with Crippen LogP contribution in [0.2, 0.25) is 0 Å². The Labute approximate surface area is 150 Å². The van der Waals surface area contributed by atoms with Crippen molar-refractivity contribution in [3.63, 3.8) is 0 Å². The lowest BCUT2D eigenvalue weighted by atomic mass is 9.93. The van der Waals surface area contributed by atoms with E-state index in [1.54, 1.807) is 18.4 Å². The quantitative estimate of drug-likeness (QED) is 0.650. The summed E-state index contributed by atoms with van der Waals surface area (Å²) in [5.74, 6) is 0.425. The molecular formula is C17H22N4O3S. The number of thioether (sulfide) groups is 1. The molecule has 1 heterocycles. The molecule has 2 aromatic rings. The van der Waals surface area contributed by atoms with Crippen LogP contribution in [-0.2, 0) is 5.41 Å². The minimum atomic E-state index is -0.432. The first-order valence-corrected chi connectivity index (χ1v) is 9.04. The summed E-state index contributed by atoms with van der Waals surface area (Å²) < 4.78 is 6.60. The normalized spacial score (nSPS) is 11.9. The second-order valence-electron chi connectivity index (χ2n) is 6.31. The third-order valence-electron chi connectivity index (χ3n) is 3.31. The van der Waals surface area contributed by atoms with Crippen molar-refractivity contribution in [2.45, 2.75) is 38.3 Å². The summed E-state index contributed by atoms with van der Waals surface area (Å²) in [4.78, 5) is 12.7. The van der Waals surface area contributed by atoms with Gasteiger partial charge >= 0.3 is 0 Å². The molecular weight excluding hydrogens is 340 g/mol. The number of rotatable bonds is 5. The summed E-state index contributed by atoms with van der Waals surface area (Å²) in [5.41, 5.74) is 0.309. The molecule has 0 saturated carbocycles. The lowest BCUT2D eigenvalue weighted by Crippen LogP contribution is -2.32. The van der Waals surface area contributed by atoms with Crippen LogP contribution in [0.1, 0.15) is 39.0 Å². The maximum Gasteiger partial charge on any atom is 0.297 e. The van der Waals surface area contributed by atoms with Crippen LogP contribution in [0.3, 0.4) is 0 Å². The van der Waals surface area contributed by atoms with E-state index >= 15 is 0 Å². The van der Waals surface area contributed by atoms with Gasteiger partial charge in [-0.1, -0.05) is 32.5 Å². The van der Waals surface area contributed by atoms with Gasteiger partial charge < -0.3 is 9.84 Å². The second kappa shape index (κ2) is 7.69. The fourth-order valence-corrected chi connectivity index (χ4v) is 2.50. The van der Waals surface area contributed by atoms with Gasteiger partial charge in [0.25, 0.3) is 5.56 Å². The Morgan fingerprint density at radius 3 is 2.68 bits per heavy atom. The third-order valence-corrected chi connectivity index (χ3v) is 3.93. The Kier molecular flexibility index (Phi) is 5.84. The fraction of sp³-hybridized carbons (Fsp3) is 0.412. The molecule has 1 aromatic carbocycles. The molecule has 134 valence electrons. The van der Waals surface area contributed by atoms with Crippen molar-refractivity contribution in [1.29, 1.82) is 0 Å². The number of hydrogen-bond acceptors (Lipinski definition) is 7. The van der Waals surface area contributed by atoms with Gasteiger partial charge in [-0.05, 0) is 36.9 Å². The molecule has 0 fully saturated rings. The minimum Gasteiger partial charge on any atom is -0.504 e. The zero-order valence-corrected chi connectivity index (χ0v) is 15.8. The topological polar surface area (TPSA) is 89.6 Å². The summed E-state index contributed by atoms with van der Waals surface area (Å²) in [5, 5.41) is 22.6. The monoisotopic (exact) mass is 362 g/mol. The van der Waals surface area contributed by atoms with Crippen molar-refractivity contribution < 1.29 is 9.84 Å².